The van der Waals surface area contributed by atoms with Crippen molar-refractivity contribution in [3.05, 3.63) is 54.5 Å². The normalized spacial score (nSPS) is 10.6. The van der Waals surface area contributed by atoms with Crippen LogP contribution in [0.1, 0.15) is 5.76 Å². The second kappa shape index (κ2) is 5.03. The van der Waals surface area contributed by atoms with Gasteiger partial charge in [0.2, 0.25) is 5.91 Å². The number of rotatable bonds is 3. The summed E-state index contributed by atoms with van der Waals surface area (Å²) >= 11 is 0. The Kier molecular flexibility index (Phi) is 3.25. The van der Waals surface area contributed by atoms with E-state index >= 15 is 0 Å². The van der Waals surface area contributed by atoms with Crippen LogP contribution in [0.25, 0.3) is 6.08 Å². The van der Waals surface area contributed by atoms with Crippen molar-refractivity contribution in [1.29, 1.82) is 0 Å². The zero-order valence-corrected chi connectivity index (χ0v) is 9.09. The molecule has 0 saturated heterocycles. The summed E-state index contributed by atoms with van der Waals surface area (Å²) in [4.78, 5) is 11.6. The molecule has 0 aliphatic rings. The van der Waals surface area contributed by atoms with E-state index in [0.29, 0.717) is 17.1 Å². The smallest absolute Gasteiger partial charge is 0.248 e. The third-order valence-corrected chi connectivity index (χ3v) is 2.16. The number of para-hydroxylation sites is 2. The monoisotopic (exact) mass is 228 g/mol. The molecule has 0 atom stereocenters. The second-order valence-electron chi connectivity index (χ2n) is 3.43. The lowest BCUT2D eigenvalue weighted by molar-refractivity contribution is -0.111. The molecular formula is C13H12N2O2. The molecule has 3 N–H and O–H groups in total. The highest BCUT2D eigenvalue weighted by Crippen LogP contribution is 2.16. The molecule has 4 nitrogen and oxygen atoms in total. The van der Waals surface area contributed by atoms with Crippen LogP contribution < -0.4 is 11.1 Å². The van der Waals surface area contributed by atoms with Gasteiger partial charge in [0.25, 0.3) is 0 Å². The lowest BCUT2D eigenvalue weighted by Crippen LogP contribution is -2.09. The van der Waals surface area contributed by atoms with E-state index in [1.807, 2.05) is 12.1 Å². The molecule has 0 aliphatic carbocycles. The van der Waals surface area contributed by atoms with Crippen LogP contribution in [-0.2, 0) is 4.79 Å². The van der Waals surface area contributed by atoms with Crippen LogP contribution in [0.3, 0.4) is 0 Å². The van der Waals surface area contributed by atoms with Crippen molar-refractivity contribution in [3.8, 4) is 0 Å². The molecule has 0 unspecified atom stereocenters. The van der Waals surface area contributed by atoms with E-state index in [9.17, 15) is 4.79 Å². The number of amides is 1. The molecule has 2 aromatic rings. The lowest BCUT2D eigenvalue weighted by atomic mass is 10.2. The van der Waals surface area contributed by atoms with Crippen molar-refractivity contribution in [2.45, 2.75) is 0 Å². The summed E-state index contributed by atoms with van der Waals surface area (Å²) in [6.07, 6.45) is 4.53. The molecule has 4 heteroatoms. The Hall–Kier alpha value is -2.49. The number of nitrogens with one attached hydrogen (secondary N) is 1. The molecule has 1 aromatic carbocycles. The SMILES string of the molecule is Nc1ccccc1NC(=O)/C=C/c1ccco1. The number of carbonyl (C=O) groups excluding carboxylic acids is 1. The van der Waals surface area contributed by atoms with Gasteiger partial charge in [-0.2, -0.15) is 0 Å². The summed E-state index contributed by atoms with van der Waals surface area (Å²) in [6, 6.07) is 10.6. The number of hydrogen-bond donors (Lipinski definition) is 2. The molecule has 0 saturated carbocycles. The standard InChI is InChI=1S/C13H12N2O2/c14-11-5-1-2-6-12(11)15-13(16)8-7-10-4-3-9-17-10/h1-9H,14H2,(H,15,16)/b8-7+. The number of anilines is 2. The Balaban J connectivity index is 2.01. The fourth-order valence-electron chi connectivity index (χ4n) is 1.33. The predicted molar refractivity (Wildman–Crippen MR) is 67.2 cm³/mol. The summed E-state index contributed by atoms with van der Waals surface area (Å²) in [5.74, 6) is 0.375. The number of nitrogens with two attached hydrogens (primary N) is 1. The van der Waals surface area contributed by atoms with E-state index in [1.165, 1.54) is 6.08 Å². The Morgan fingerprint density at radius 2 is 2.06 bits per heavy atom. The zero-order valence-electron chi connectivity index (χ0n) is 9.09. The fourth-order valence-corrected chi connectivity index (χ4v) is 1.33. The maximum atomic E-state index is 11.6. The summed E-state index contributed by atoms with van der Waals surface area (Å²) in [5, 5.41) is 2.68. The minimum Gasteiger partial charge on any atom is -0.465 e. The van der Waals surface area contributed by atoms with Crippen LogP contribution in [0.5, 0.6) is 0 Å². The van der Waals surface area contributed by atoms with Gasteiger partial charge in [0.15, 0.2) is 0 Å². The highest BCUT2D eigenvalue weighted by Gasteiger charge is 2.00. The Morgan fingerprint density at radius 3 is 2.76 bits per heavy atom. The van der Waals surface area contributed by atoms with Crippen LogP contribution >= 0.6 is 0 Å². The summed E-state index contributed by atoms with van der Waals surface area (Å²) < 4.78 is 5.07. The van der Waals surface area contributed by atoms with Crippen molar-refractivity contribution in [1.82, 2.24) is 0 Å². The van der Waals surface area contributed by atoms with E-state index in [-0.39, 0.29) is 5.91 Å². The largest absolute Gasteiger partial charge is 0.465 e. The van der Waals surface area contributed by atoms with E-state index in [0.717, 1.165) is 0 Å². The van der Waals surface area contributed by atoms with Gasteiger partial charge in [-0.1, -0.05) is 12.1 Å². The quantitative estimate of drug-likeness (QED) is 0.626. The molecule has 1 amide bonds. The maximum absolute atomic E-state index is 11.6. The molecule has 0 spiro atoms. The molecule has 17 heavy (non-hydrogen) atoms. The van der Waals surface area contributed by atoms with Gasteiger partial charge >= 0.3 is 0 Å². The third kappa shape index (κ3) is 2.98. The summed E-state index contributed by atoms with van der Waals surface area (Å²) in [6.45, 7) is 0. The van der Waals surface area contributed by atoms with Crippen LogP contribution in [0, 0.1) is 0 Å². The number of carbonyl (C=O) groups is 1. The van der Waals surface area contributed by atoms with Gasteiger partial charge in [-0.05, 0) is 30.3 Å². The average Bonchev–Trinajstić information content (AvgIpc) is 2.82. The Morgan fingerprint density at radius 1 is 1.24 bits per heavy atom. The van der Waals surface area contributed by atoms with E-state index in [1.54, 1.807) is 36.6 Å². The molecule has 1 heterocycles. The van der Waals surface area contributed by atoms with Gasteiger partial charge < -0.3 is 15.5 Å². The summed E-state index contributed by atoms with van der Waals surface area (Å²) in [7, 11) is 0. The Bertz CT molecular complexity index is 530. The van der Waals surface area contributed by atoms with Crippen molar-refractivity contribution in [2.75, 3.05) is 11.1 Å². The molecule has 0 aliphatic heterocycles. The van der Waals surface area contributed by atoms with Gasteiger partial charge in [-0.15, -0.1) is 0 Å². The van der Waals surface area contributed by atoms with Crippen molar-refractivity contribution < 1.29 is 9.21 Å². The van der Waals surface area contributed by atoms with Crippen molar-refractivity contribution in [3.63, 3.8) is 0 Å². The first-order valence-corrected chi connectivity index (χ1v) is 5.13. The van der Waals surface area contributed by atoms with Crippen LogP contribution in [0.4, 0.5) is 11.4 Å². The number of hydrogen-bond acceptors (Lipinski definition) is 3. The lowest BCUT2D eigenvalue weighted by Gasteiger charge is -2.04. The van der Waals surface area contributed by atoms with Crippen LogP contribution in [0.2, 0.25) is 0 Å². The topological polar surface area (TPSA) is 68.3 Å². The van der Waals surface area contributed by atoms with Crippen LogP contribution in [0.15, 0.2) is 53.2 Å². The first-order valence-electron chi connectivity index (χ1n) is 5.13. The van der Waals surface area contributed by atoms with Gasteiger partial charge in [0, 0.05) is 6.08 Å². The van der Waals surface area contributed by atoms with E-state index < -0.39 is 0 Å². The predicted octanol–water partition coefficient (Wildman–Crippen LogP) is 2.51. The number of nitrogen functional groups attached to an aromatic ring is 1. The van der Waals surface area contributed by atoms with Gasteiger partial charge in [0.05, 0.1) is 17.6 Å². The minimum absolute atomic E-state index is 0.251. The highest BCUT2D eigenvalue weighted by molar-refractivity contribution is 6.03. The number of furan rings is 1. The third-order valence-electron chi connectivity index (χ3n) is 2.16. The molecule has 2 rings (SSSR count). The minimum atomic E-state index is -0.251. The van der Waals surface area contributed by atoms with Gasteiger partial charge in [0.1, 0.15) is 5.76 Å². The van der Waals surface area contributed by atoms with Crippen LogP contribution in [-0.4, -0.2) is 5.91 Å². The Labute approximate surface area is 98.7 Å². The average molecular weight is 228 g/mol. The molecule has 0 fully saturated rings. The summed E-state index contributed by atoms with van der Waals surface area (Å²) in [5.41, 5.74) is 6.84. The van der Waals surface area contributed by atoms with Gasteiger partial charge in [-0.3, -0.25) is 4.79 Å². The number of benzene rings is 1. The van der Waals surface area contributed by atoms with Crippen molar-refractivity contribution in [2.24, 2.45) is 0 Å². The van der Waals surface area contributed by atoms with Gasteiger partial charge in [-0.25, -0.2) is 0 Å². The highest BCUT2D eigenvalue weighted by atomic mass is 16.3. The molecule has 0 radical (unpaired) electrons. The van der Waals surface area contributed by atoms with E-state index in [4.69, 9.17) is 10.2 Å². The zero-order chi connectivity index (χ0) is 12.1. The molecule has 86 valence electrons. The fraction of sp³-hybridized carbons (Fsp3) is 0. The second-order valence-corrected chi connectivity index (χ2v) is 3.43. The maximum Gasteiger partial charge on any atom is 0.248 e. The first-order chi connectivity index (χ1) is 8.25. The van der Waals surface area contributed by atoms with Crippen molar-refractivity contribution >= 4 is 23.4 Å². The first kappa shape index (κ1) is 11.0. The molecular weight excluding hydrogens is 216 g/mol. The molecule has 1 aromatic heterocycles. The molecule has 0 bridgehead atoms. The van der Waals surface area contributed by atoms with E-state index in [2.05, 4.69) is 5.32 Å².